The van der Waals surface area contributed by atoms with Crippen LogP contribution in [-0.4, -0.2) is 5.91 Å². The number of hydrogen-bond donors (Lipinski definition) is 1. The third-order valence-electron chi connectivity index (χ3n) is 4.26. The predicted octanol–water partition coefficient (Wildman–Crippen LogP) is 4.75. The molecule has 0 aromatic heterocycles. The van der Waals surface area contributed by atoms with E-state index in [1.165, 1.54) is 37.5 Å². The van der Waals surface area contributed by atoms with Crippen LogP contribution in [0.25, 0.3) is 10.8 Å². The van der Waals surface area contributed by atoms with Crippen LogP contribution in [0.5, 0.6) is 0 Å². The molecule has 1 amide bonds. The lowest BCUT2D eigenvalue weighted by Gasteiger charge is -2.21. The summed E-state index contributed by atoms with van der Waals surface area (Å²) in [5.74, 6) is 0.743. The molecule has 104 valence electrons. The van der Waals surface area contributed by atoms with Crippen LogP contribution < -0.4 is 5.32 Å². The lowest BCUT2D eigenvalue weighted by Crippen LogP contribution is -2.18. The molecule has 1 aliphatic carbocycles. The summed E-state index contributed by atoms with van der Waals surface area (Å²) < 4.78 is 0. The standard InChI is InChI=1S/C18H21NO/c20-18(13-14-7-2-1-3-8-14)19-17-12-6-10-15-9-4-5-11-16(15)17/h4-6,9-12,14H,1-3,7-8,13H2,(H,19,20). The molecule has 2 heteroatoms. The van der Waals surface area contributed by atoms with E-state index in [1.807, 2.05) is 24.3 Å². The van der Waals surface area contributed by atoms with Gasteiger partial charge in [0.2, 0.25) is 5.91 Å². The fourth-order valence-corrected chi connectivity index (χ4v) is 3.19. The van der Waals surface area contributed by atoms with Gasteiger partial charge in [0.15, 0.2) is 0 Å². The first-order valence-electron chi connectivity index (χ1n) is 7.60. The van der Waals surface area contributed by atoms with E-state index >= 15 is 0 Å². The molecule has 0 spiro atoms. The van der Waals surface area contributed by atoms with Gasteiger partial charge in [-0.1, -0.05) is 55.7 Å². The van der Waals surface area contributed by atoms with Crippen LogP contribution in [0.1, 0.15) is 38.5 Å². The van der Waals surface area contributed by atoms with Crippen LogP contribution in [-0.2, 0) is 4.79 Å². The fraction of sp³-hybridized carbons (Fsp3) is 0.389. The summed E-state index contributed by atoms with van der Waals surface area (Å²) in [6.07, 6.45) is 7.00. The maximum atomic E-state index is 12.2. The normalized spacial score (nSPS) is 16.2. The number of amides is 1. The molecule has 2 nitrogen and oxygen atoms in total. The van der Waals surface area contributed by atoms with E-state index < -0.39 is 0 Å². The first-order valence-corrected chi connectivity index (χ1v) is 7.60. The monoisotopic (exact) mass is 267 g/mol. The number of carbonyl (C=O) groups is 1. The van der Waals surface area contributed by atoms with Crippen LogP contribution in [0, 0.1) is 5.92 Å². The molecular formula is C18H21NO. The van der Waals surface area contributed by atoms with E-state index in [-0.39, 0.29) is 5.91 Å². The molecule has 1 saturated carbocycles. The summed E-state index contributed by atoms with van der Waals surface area (Å²) in [5, 5.41) is 5.38. The zero-order valence-electron chi connectivity index (χ0n) is 11.8. The van der Waals surface area contributed by atoms with Gasteiger partial charge in [0.1, 0.15) is 0 Å². The highest BCUT2D eigenvalue weighted by atomic mass is 16.1. The molecule has 1 aliphatic rings. The lowest BCUT2D eigenvalue weighted by atomic mass is 9.87. The Morgan fingerprint density at radius 1 is 1.00 bits per heavy atom. The van der Waals surface area contributed by atoms with Gasteiger partial charge in [0.25, 0.3) is 0 Å². The van der Waals surface area contributed by atoms with Crippen molar-refractivity contribution in [3.05, 3.63) is 42.5 Å². The molecule has 0 aliphatic heterocycles. The molecule has 1 N–H and O–H groups in total. The number of hydrogen-bond acceptors (Lipinski definition) is 1. The van der Waals surface area contributed by atoms with E-state index in [9.17, 15) is 4.79 Å². The van der Waals surface area contributed by atoms with Crippen molar-refractivity contribution in [1.29, 1.82) is 0 Å². The number of rotatable bonds is 3. The molecule has 0 heterocycles. The van der Waals surface area contributed by atoms with Crippen LogP contribution in [0.2, 0.25) is 0 Å². The van der Waals surface area contributed by atoms with Gasteiger partial charge in [-0.3, -0.25) is 4.79 Å². The van der Waals surface area contributed by atoms with E-state index in [0.717, 1.165) is 11.1 Å². The fourth-order valence-electron chi connectivity index (χ4n) is 3.19. The van der Waals surface area contributed by atoms with Crippen molar-refractivity contribution in [2.45, 2.75) is 38.5 Å². The molecular weight excluding hydrogens is 246 g/mol. The first-order chi connectivity index (χ1) is 9.83. The lowest BCUT2D eigenvalue weighted by molar-refractivity contribution is -0.117. The topological polar surface area (TPSA) is 29.1 Å². The molecule has 0 unspecified atom stereocenters. The Hall–Kier alpha value is -1.83. The summed E-state index contributed by atoms with van der Waals surface area (Å²) in [7, 11) is 0. The van der Waals surface area contributed by atoms with Gasteiger partial charge in [0, 0.05) is 17.5 Å². The van der Waals surface area contributed by atoms with Gasteiger partial charge in [0.05, 0.1) is 0 Å². The van der Waals surface area contributed by atoms with Crippen LogP contribution in [0.4, 0.5) is 5.69 Å². The first kappa shape index (κ1) is 13.2. The maximum absolute atomic E-state index is 12.2. The molecule has 2 aromatic rings. The molecule has 0 atom stereocenters. The zero-order chi connectivity index (χ0) is 13.8. The van der Waals surface area contributed by atoms with Crippen LogP contribution >= 0.6 is 0 Å². The number of benzene rings is 2. The Morgan fingerprint density at radius 3 is 2.60 bits per heavy atom. The molecule has 1 fully saturated rings. The Kier molecular flexibility index (Phi) is 4.00. The van der Waals surface area contributed by atoms with E-state index in [1.54, 1.807) is 0 Å². The van der Waals surface area contributed by atoms with E-state index in [0.29, 0.717) is 12.3 Å². The Bertz CT molecular complexity index is 594. The van der Waals surface area contributed by atoms with Gasteiger partial charge in [-0.05, 0) is 30.2 Å². The molecule has 0 saturated heterocycles. The number of nitrogens with one attached hydrogen (secondary N) is 1. The largest absolute Gasteiger partial charge is 0.326 e. The van der Waals surface area contributed by atoms with Crippen molar-refractivity contribution >= 4 is 22.4 Å². The number of carbonyl (C=O) groups excluding carboxylic acids is 1. The highest BCUT2D eigenvalue weighted by Crippen LogP contribution is 2.28. The van der Waals surface area contributed by atoms with Gasteiger partial charge >= 0.3 is 0 Å². The van der Waals surface area contributed by atoms with Crippen molar-refractivity contribution in [3.8, 4) is 0 Å². The smallest absolute Gasteiger partial charge is 0.224 e. The van der Waals surface area contributed by atoms with Gasteiger partial charge < -0.3 is 5.32 Å². The number of fused-ring (bicyclic) bond motifs is 1. The Balaban J connectivity index is 1.71. The summed E-state index contributed by atoms with van der Waals surface area (Å²) in [4.78, 5) is 12.2. The predicted molar refractivity (Wildman–Crippen MR) is 83.8 cm³/mol. The molecule has 3 rings (SSSR count). The van der Waals surface area contributed by atoms with Crippen molar-refractivity contribution in [2.24, 2.45) is 5.92 Å². The minimum atomic E-state index is 0.160. The Morgan fingerprint density at radius 2 is 1.75 bits per heavy atom. The summed E-state index contributed by atoms with van der Waals surface area (Å²) >= 11 is 0. The van der Waals surface area contributed by atoms with Gasteiger partial charge in [-0.15, -0.1) is 0 Å². The summed E-state index contributed by atoms with van der Waals surface area (Å²) in [5.41, 5.74) is 0.934. The third kappa shape index (κ3) is 3.01. The Labute approximate surface area is 120 Å². The van der Waals surface area contributed by atoms with Gasteiger partial charge in [-0.25, -0.2) is 0 Å². The maximum Gasteiger partial charge on any atom is 0.224 e. The average Bonchev–Trinajstić information content (AvgIpc) is 2.48. The van der Waals surface area contributed by atoms with Crippen molar-refractivity contribution in [3.63, 3.8) is 0 Å². The molecule has 20 heavy (non-hydrogen) atoms. The third-order valence-corrected chi connectivity index (χ3v) is 4.26. The van der Waals surface area contributed by atoms with E-state index in [4.69, 9.17) is 0 Å². The zero-order valence-corrected chi connectivity index (χ0v) is 11.8. The van der Waals surface area contributed by atoms with Crippen molar-refractivity contribution < 1.29 is 4.79 Å². The second-order valence-corrected chi connectivity index (χ2v) is 5.78. The highest BCUT2D eigenvalue weighted by molar-refractivity contribution is 6.02. The quantitative estimate of drug-likeness (QED) is 0.854. The van der Waals surface area contributed by atoms with Crippen molar-refractivity contribution in [2.75, 3.05) is 5.32 Å². The minimum absolute atomic E-state index is 0.160. The minimum Gasteiger partial charge on any atom is -0.326 e. The second-order valence-electron chi connectivity index (χ2n) is 5.78. The summed E-state index contributed by atoms with van der Waals surface area (Å²) in [6, 6.07) is 14.2. The average molecular weight is 267 g/mol. The second kappa shape index (κ2) is 6.08. The number of anilines is 1. The molecule has 2 aromatic carbocycles. The van der Waals surface area contributed by atoms with Gasteiger partial charge in [-0.2, -0.15) is 0 Å². The highest BCUT2D eigenvalue weighted by Gasteiger charge is 2.17. The van der Waals surface area contributed by atoms with Crippen molar-refractivity contribution in [1.82, 2.24) is 0 Å². The van der Waals surface area contributed by atoms with Crippen LogP contribution in [0.3, 0.4) is 0 Å². The molecule has 0 bridgehead atoms. The van der Waals surface area contributed by atoms with E-state index in [2.05, 4.69) is 23.5 Å². The molecule has 0 radical (unpaired) electrons. The SMILES string of the molecule is O=C(CC1CCCCC1)Nc1cccc2ccccc12. The summed E-state index contributed by atoms with van der Waals surface area (Å²) in [6.45, 7) is 0. The van der Waals surface area contributed by atoms with Crippen LogP contribution in [0.15, 0.2) is 42.5 Å².